The van der Waals surface area contributed by atoms with Crippen LogP contribution in [-0.4, -0.2) is 43.7 Å². The number of nitrogens with zero attached hydrogens (tertiary/aromatic N) is 1. The molecule has 176 valence electrons. The molecule has 3 heteroatoms. The van der Waals surface area contributed by atoms with E-state index in [1.165, 1.54) is 90.0 Å². The van der Waals surface area contributed by atoms with Crippen LogP contribution >= 0.6 is 0 Å². The van der Waals surface area contributed by atoms with E-state index < -0.39 is 0 Å². The first kappa shape index (κ1) is 25.9. The van der Waals surface area contributed by atoms with Crippen LogP contribution in [0.25, 0.3) is 0 Å². The fraction of sp³-hybridized carbons (Fsp3) is 0.750. The number of unbranched alkanes of at least 4 members (excludes halogenated alkanes) is 9. The van der Waals surface area contributed by atoms with Crippen molar-refractivity contribution < 1.29 is 14.0 Å². The van der Waals surface area contributed by atoms with Crippen LogP contribution in [0.5, 0.6) is 0 Å². The molecule has 0 saturated heterocycles. The topological polar surface area (TPSA) is 26.3 Å². The van der Waals surface area contributed by atoms with E-state index in [0.717, 1.165) is 17.4 Å². The Morgan fingerprint density at radius 1 is 0.871 bits per heavy atom. The molecule has 1 aliphatic carbocycles. The van der Waals surface area contributed by atoms with Crippen LogP contribution in [0.3, 0.4) is 0 Å². The molecule has 1 aliphatic rings. The second-order valence-electron chi connectivity index (χ2n) is 10.4. The third-order valence-corrected chi connectivity index (χ3v) is 6.95. The van der Waals surface area contributed by atoms with Crippen LogP contribution in [0, 0.1) is 5.92 Å². The SMILES string of the molecule is CCCCCCCCCCCC[N+](C)(C)C[C@H]1CCCC[C@H]1OC(=O)c1ccccc1. The van der Waals surface area contributed by atoms with Crippen molar-refractivity contribution in [3.05, 3.63) is 35.9 Å². The molecule has 0 bridgehead atoms. The van der Waals surface area contributed by atoms with E-state index in [1.54, 1.807) is 0 Å². The molecule has 0 aliphatic heterocycles. The summed E-state index contributed by atoms with van der Waals surface area (Å²) in [7, 11) is 4.72. The van der Waals surface area contributed by atoms with Crippen molar-refractivity contribution in [2.45, 2.75) is 103 Å². The van der Waals surface area contributed by atoms with Gasteiger partial charge in [0.2, 0.25) is 0 Å². The van der Waals surface area contributed by atoms with Crippen LogP contribution in [0.4, 0.5) is 0 Å². The molecule has 31 heavy (non-hydrogen) atoms. The lowest BCUT2D eigenvalue weighted by Gasteiger charge is -2.38. The van der Waals surface area contributed by atoms with E-state index in [1.807, 2.05) is 30.3 Å². The van der Waals surface area contributed by atoms with E-state index in [0.29, 0.717) is 11.5 Å². The summed E-state index contributed by atoms with van der Waals surface area (Å²) in [5, 5.41) is 0. The number of quaternary nitrogens is 1. The Bertz CT molecular complexity index is 598. The molecule has 1 saturated carbocycles. The number of carbonyl (C=O) groups excluding carboxylic acids is 1. The Hall–Kier alpha value is -1.35. The molecule has 0 spiro atoms. The number of rotatable bonds is 15. The second kappa shape index (κ2) is 14.7. The highest BCUT2D eigenvalue weighted by molar-refractivity contribution is 5.89. The van der Waals surface area contributed by atoms with Gasteiger partial charge >= 0.3 is 5.97 Å². The number of hydrogen-bond acceptors (Lipinski definition) is 2. The summed E-state index contributed by atoms with van der Waals surface area (Å²) >= 11 is 0. The lowest BCUT2D eigenvalue weighted by atomic mass is 9.85. The van der Waals surface area contributed by atoms with Gasteiger partial charge in [0, 0.05) is 5.92 Å². The minimum Gasteiger partial charge on any atom is -0.458 e. The van der Waals surface area contributed by atoms with Gasteiger partial charge in [-0.15, -0.1) is 0 Å². The molecular weight excluding hydrogens is 382 g/mol. The summed E-state index contributed by atoms with van der Waals surface area (Å²) in [6.45, 7) is 4.63. The fourth-order valence-corrected chi connectivity index (χ4v) is 5.07. The highest BCUT2D eigenvalue weighted by Gasteiger charge is 2.33. The van der Waals surface area contributed by atoms with Gasteiger partial charge in [0.25, 0.3) is 0 Å². The Balaban J connectivity index is 1.66. The quantitative estimate of drug-likeness (QED) is 0.165. The Morgan fingerprint density at radius 3 is 2.10 bits per heavy atom. The third kappa shape index (κ3) is 10.7. The molecule has 0 amide bonds. The number of esters is 1. The zero-order valence-electron chi connectivity index (χ0n) is 20.6. The molecular formula is C28H48NO2+. The molecule has 1 fully saturated rings. The first-order valence-corrected chi connectivity index (χ1v) is 13.1. The van der Waals surface area contributed by atoms with Gasteiger partial charge in [-0.25, -0.2) is 4.79 Å². The molecule has 2 atom stereocenters. The predicted octanol–water partition coefficient (Wildman–Crippen LogP) is 7.40. The van der Waals surface area contributed by atoms with Gasteiger partial charge in [-0.05, 0) is 44.2 Å². The Labute approximate surface area is 192 Å². The predicted molar refractivity (Wildman–Crippen MR) is 131 cm³/mol. The standard InChI is InChI=1S/C28H48NO2/c1-4-5-6-7-8-9-10-11-12-18-23-29(2,3)24-26-21-16-17-22-27(26)31-28(30)25-19-14-13-15-20-25/h13-15,19-20,26-27H,4-12,16-18,21-24H2,1-3H3/q+1/t26-,27-/m1/s1. The van der Waals surface area contributed by atoms with Gasteiger partial charge in [-0.2, -0.15) is 0 Å². The van der Waals surface area contributed by atoms with Crippen molar-refractivity contribution >= 4 is 5.97 Å². The van der Waals surface area contributed by atoms with Gasteiger partial charge < -0.3 is 9.22 Å². The second-order valence-corrected chi connectivity index (χ2v) is 10.4. The van der Waals surface area contributed by atoms with Gasteiger partial charge in [0.1, 0.15) is 6.10 Å². The summed E-state index contributed by atoms with van der Waals surface area (Å²) in [6.07, 6.45) is 18.6. The van der Waals surface area contributed by atoms with Gasteiger partial charge in [-0.3, -0.25) is 0 Å². The van der Waals surface area contributed by atoms with E-state index in [2.05, 4.69) is 21.0 Å². The van der Waals surface area contributed by atoms with Crippen molar-refractivity contribution in [2.75, 3.05) is 27.2 Å². The van der Waals surface area contributed by atoms with E-state index in [4.69, 9.17) is 4.74 Å². The van der Waals surface area contributed by atoms with Gasteiger partial charge in [-0.1, -0.05) is 82.9 Å². The first-order chi connectivity index (χ1) is 15.0. The highest BCUT2D eigenvalue weighted by atomic mass is 16.5. The van der Waals surface area contributed by atoms with Gasteiger partial charge in [0.05, 0.1) is 32.7 Å². The molecule has 3 nitrogen and oxygen atoms in total. The van der Waals surface area contributed by atoms with E-state index in [9.17, 15) is 4.79 Å². The summed E-state index contributed by atoms with van der Waals surface area (Å²) < 4.78 is 7.03. The number of ether oxygens (including phenoxy) is 1. The van der Waals surface area contributed by atoms with Crippen molar-refractivity contribution in [2.24, 2.45) is 5.92 Å². The molecule has 2 rings (SSSR count). The van der Waals surface area contributed by atoms with Crippen LogP contribution in [-0.2, 0) is 4.74 Å². The molecule has 0 aromatic heterocycles. The lowest BCUT2D eigenvalue weighted by molar-refractivity contribution is -0.894. The Morgan fingerprint density at radius 2 is 1.45 bits per heavy atom. The number of carbonyl (C=O) groups is 1. The van der Waals surface area contributed by atoms with E-state index in [-0.39, 0.29) is 12.1 Å². The molecule has 0 N–H and O–H groups in total. The summed E-state index contributed by atoms with van der Waals surface area (Å²) in [5.41, 5.74) is 0.672. The highest BCUT2D eigenvalue weighted by Crippen LogP contribution is 2.29. The molecule has 0 heterocycles. The molecule has 1 aromatic carbocycles. The maximum Gasteiger partial charge on any atom is 0.338 e. The molecule has 1 aromatic rings. The smallest absolute Gasteiger partial charge is 0.338 e. The summed E-state index contributed by atoms with van der Waals surface area (Å²) in [6, 6.07) is 9.45. The molecule has 0 radical (unpaired) electrons. The van der Waals surface area contributed by atoms with Crippen molar-refractivity contribution in [1.29, 1.82) is 0 Å². The fourth-order valence-electron chi connectivity index (χ4n) is 5.07. The summed E-state index contributed by atoms with van der Waals surface area (Å²) in [5.74, 6) is 0.331. The average Bonchev–Trinajstić information content (AvgIpc) is 2.77. The van der Waals surface area contributed by atoms with Gasteiger partial charge in [0.15, 0.2) is 0 Å². The van der Waals surface area contributed by atoms with Crippen LogP contribution in [0.2, 0.25) is 0 Å². The monoisotopic (exact) mass is 430 g/mol. The number of benzene rings is 1. The Kier molecular flexibility index (Phi) is 12.3. The largest absolute Gasteiger partial charge is 0.458 e. The molecule has 0 unspecified atom stereocenters. The van der Waals surface area contributed by atoms with Crippen LogP contribution in [0.15, 0.2) is 30.3 Å². The van der Waals surface area contributed by atoms with Crippen LogP contribution in [0.1, 0.15) is 107 Å². The number of hydrogen-bond donors (Lipinski definition) is 0. The zero-order chi connectivity index (χ0) is 22.4. The minimum absolute atomic E-state index is 0.0755. The maximum absolute atomic E-state index is 12.6. The average molecular weight is 431 g/mol. The maximum atomic E-state index is 12.6. The summed E-state index contributed by atoms with van der Waals surface area (Å²) in [4.78, 5) is 12.6. The lowest BCUT2D eigenvalue weighted by Crippen LogP contribution is -2.48. The van der Waals surface area contributed by atoms with Crippen LogP contribution < -0.4 is 0 Å². The van der Waals surface area contributed by atoms with E-state index >= 15 is 0 Å². The third-order valence-electron chi connectivity index (χ3n) is 6.95. The minimum atomic E-state index is -0.155. The first-order valence-electron chi connectivity index (χ1n) is 13.1. The van der Waals surface area contributed by atoms with Crippen molar-refractivity contribution in [1.82, 2.24) is 0 Å². The zero-order valence-corrected chi connectivity index (χ0v) is 20.6. The normalized spacial score (nSPS) is 19.3. The van der Waals surface area contributed by atoms with Crippen molar-refractivity contribution in [3.63, 3.8) is 0 Å². The van der Waals surface area contributed by atoms with Crippen molar-refractivity contribution in [3.8, 4) is 0 Å².